The maximum absolute atomic E-state index is 13.7. The number of pyridine rings is 1. The summed E-state index contributed by atoms with van der Waals surface area (Å²) in [4.78, 5) is 16.8. The Kier molecular flexibility index (Phi) is 7.07. The van der Waals surface area contributed by atoms with Gasteiger partial charge < -0.3 is 15.0 Å². The highest BCUT2D eigenvalue weighted by Crippen LogP contribution is 2.38. The van der Waals surface area contributed by atoms with Crippen LogP contribution in [-0.4, -0.2) is 27.9 Å². The van der Waals surface area contributed by atoms with Crippen molar-refractivity contribution in [3.05, 3.63) is 130 Å². The van der Waals surface area contributed by atoms with Crippen molar-refractivity contribution >= 4 is 51.2 Å². The molecule has 0 bridgehead atoms. The molecule has 6 nitrogen and oxygen atoms in total. The first-order valence-electron chi connectivity index (χ1n) is 12.8. The average molecular weight is 565 g/mol. The molecule has 0 fully saturated rings. The van der Waals surface area contributed by atoms with Crippen LogP contribution in [0.5, 0.6) is 5.75 Å². The van der Waals surface area contributed by atoms with Crippen LogP contribution in [0.25, 0.3) is 22.0 Å². The number of benzene rings is 4. The molecule has 4 aromatic carbocycles. The van der Waals surface area contributed by atoms with Gasteiger partial charge in [-0.2, -0.15) is 5.10 Å². The molecule has 40 heavy (non-hydrogen) atoms. The van der Waals surface area contributed by atoms with Gasteiger partial charge in [0, 0.05) is 33.6 Å². The van der Waals surface area contributed by atoms with Crippen molar-refractivity contribution in [2.24, 2.45) is 5.10 Å². The Morgan fingerprint density at radius 1 is 0.975 bits per heavy atom. The summed E-state index contributed by atoms with van der Waals surface area (Å²) in [5.41, 5.74) is 5.18. The molecule has 1 aliphatic heterocycles. The number of ether oxygens (including phenoxy) is 1. The van der Waals surface area contributed by atoms with Gasteiger partial charge in [0.1, 0.15) is 5.75 Å². The molecule has 0 radical (unpaired) electrons. The minimum Gasteiger partial charge on any atom is -0.497 e. The van der Waals surface area contributed by atoms with Crippen molar-refractivity contribution in [3.8, 4) is 16.9 Å². The average Bonchev–Trinajstić information content (AvgIpc) is 3.43. The highest BCUT2D eigenvalue weighted by molar-refractivity contribution is 7.80. The Bertz CT molecular complexity index is 1790. The fraction of sp³-hybridized carbons (Fsp3) is 0.0938. The summed E-state index contributed by atoms with van der Waals surface area (Å²) < 4.78 is 5.37. The summed E-state index contributed by atoms with van der Waals surface area (Å²) >= 11 is 12.3. The Labute approximate surface area is 241 Å². The van der Waals surface area contributed by atoms with E-state index in [0.29, 0.717) is 33.3 Å². The normalized spacial score (nSPS) is 14.7. The molecule has 6 rings (SSSR count). The second-order valence-corrected chi connectivity index (χ2v) is 10.3. The highest BCUT2D eigenvalue weighted by atomic mass is 35.5. The summed E-state index contributed by atoms with van der Waals surface area (Å²) in [6.07, 6.45) is 0.470. The summed E-state index contributed by atoms with van der Waals surface area (Å²) in [5.74, 6) is 0.758. The lowest BCUT2D eigenvalue weighted by molar-refractivity contribution is 0.374. The van der Waals surface area contributed by atoms with E-state index >= 15 is 0 Å². The van der Waals surface area contributed by atoms with Gasteiger partial charge in [-0.3, -0.25) is 4.79 Å². The predicted molar refractivity (Wildman–Crippen MR) is 166 cm³/mol. The largest absolute Gasteiger partial charge is 0.497 e. The minimum absolute atomic E-state index is 0.218. The van der Waals surface area contributed by atoms with E-state index in [-0.39, 0.29) is 11.6 Å². The zero-order valence-corrected chi connectivity index (χ0v) is 23.2. The number of hydrogen-bond donors (Lipinski definition) is 2. The SMILES string of the molecule is COc1ccc(C2CC(c3c(-c4ccccc4)c4cc(Cl)ccc4[nH]c3=O)=NN2C(=S)Nc2ccccc2)cc1. The van der Waals surface area contributed by atoms with E-state index in [1.165, 1.54) is 0 Å². The molecular formula is C32H25ClN4O2S. The van der Waals surface area contributed by atoms with Gasteiger partial charge in [-0.1, -0.05) is 72.3 Å². The number of fused-ring (bicyclic) bond motifs is 1. The van der Waals surface area contributed by atoms with Crippen molar-refractivity contribution < 1.29 is 4.74 Å². The first-order valence-corrected chi connectivity index (χ1v) is 13.6. The Balaban J connectivity index is 1.51. The Hall–Kier alpha value is -4.46. The third-order valence-electron chi connectivity index (χ3n) is 6.97. The maximum atomic E-state index is 13.7. The number of anilines is 1. The van der Waals surface area contributed by atoms with Crippen LogP contribution in [-0.2, 0) is 0 Å². The molecule has 198 valence electrons. The number of hydrogen-bond acceptors (Lipinski definition) is 4. The summed E-state index contributed by atoms with van der Waals surface area (Å²) in [5, 5.41) is 11.9. The predicted octanol–water partition coefficient (Wildman–Crippen LogP) is 7.41. The molecule has 0 amide bonds. The molecule has 8 heteroatoms. The lowest BCUT2D eigenvalue weighted by Crippen LogP contribution is -2.31. The molecule has 5 aromatic rings. The smallest absolute Gasteiger partial charge is 0.258 e. The molecule has 0 spiro atoms. The number of aromatic nitrogens is 1. The zero-order chi connectivity index (χ0) is 27.6. The Morgan fingerprint density at radius 2 is 1.68 bits per heavy atom. The van der Waals surface area contributed by atoms with E-state index in [2.05, 4.69) is 10.3 Å². The van der Waals surface area contributed by atoms with Crippen molar-refractivity contribution in [2.75, 3.05) is 12.4 Å². The first-order chi connectivity index (χ1) is 19.5. The Morgan fingerprint density at radius 3 is 2.38 bits per heavy atom. The van der Waals surface area contributed by atoms with Crippen LogP contribution in [0.3, 0.4) is 0 Å². The van der Waals surface area contributed by atoms with Gasteiger partial charge in [0.25, 0.3) is 5.56 Å². The number of nitrogens with one attached hydrogen (secondary N) is 2. The summed E-state index contributed by atoms with van der Waals surface area (Å²) in [6.45, 7) is 0. The third kappa shape index (κ3) is 4.97. The fourth-order valence-electron chi connectivity index (χ4n) is 5.08. The monoisotopic (exact) mass is 564 g/mol. The number of halogens is 1. The molecule has 0 aliphatic carbocycles. The van der Waals surface area contributed by atoms with Crippen LogP contribution in [0.2, 0.25) is 5.02 Å². The topological polar surface area (TPSA) is 69.7 Å². The van der Waals surface area contributed by atoms with Crippen LogP contribution < -0.4 is 15.6 Å². The van der Waals surface area contributed by atoms with Crippen LogP contribution in [0.4, 0.5) is 5.69 Å². The number of para-hydroxylation sites is 1. The van der Waals surface area contributed by atoms with Gasteiger partial charge in [-0.15, -0.1) is 0 Å². The molecule has 1 aromatic heterocycles. The van der Waals surface area contributed by atoms with Gasteiger partial charge in [0.15, 0.2) is 5.11 Å². The zero-order valence-electron chi connectivity index (χ0n) is 21.6. The van der Waals surface area contributed by atoms with E-state index in [1.54, 1.807) is 18.2 Å². The van der Waals surface area contributed by atoms with Crippen LogP contribution in [0, 0.1) is 0 Å². The van der Waals surface area contributed by atoms with Crippen molar-refractivity contribution in [2.45, 2.75) is 12.5 Å². The van der Waals surface area contributed by atoms with E-state index in [9.17, 15) is 4.79 Å². The molecule has 2 heterocycles. The molecule has 2 N–H and O–H groups in total. The lowest BCUT2D eigenvalue weighted by Gasteiger charge is -2.25. The van der Waals surface area contributed by atoms with E-state index < -0.39 is 0 Å². The number of methoxy groups -OCH3 is 1. The third-order valence-corrected chi connectivity index (χ3v) is 7.50. The molecular weight excluding hydrogens is 540 g/mol. The highest BCUT2D eigenvalue weighted by Gasteiger charge is 2.34. The molecule has 0 saturated carbocycles. The molecule has 1 unspecified atom stereocenters. The van der Waals surface area contributed by atoms with Crippen LogP contribution in [0.1, 0.15) is 23.6 Å². The van der Waals surface area contributed by atoms with Gasteiger partial charge >= 0.3 is 0 Å². The number of rotatable bonds is 5. The van der Waals surface area contributed by atoms with E-state index in [0.717, 1.165) is 33.5 Å². The lowest BCUT2D eigenvalue weighted by atomic mass is 9.91. The number of thiocarbonyl (C=S) groups is 1. The van der Waals surface area contributed by atoms with Gasteiger partial charge in [-0.25, -0.2) is 5.01 Å². The molecule has 1 atom stereocenters. The second kappa shape index (κ2) is 11.0. The number of hydrazone groups is 1. The van der Waals surface area contributed by atoms with Crippen LogP contribution >= 0.6 is 23.8 Å². The minimum atomic E-state index is -0.234. The summed E-state index contributed by atoms with van der Waals surface area (Å²) in [7, 11) is 1.64. The quantitative estimate of drug-likeness (QED) is 0.218. The number of H-pyrrole nitrogens is 1. The van der Waals surface area contributed by atoms with Crippen molar-refractivity contribution in [1.29, 1.82) is 0 Å². The van der Waals surface area contributed by atoms with Gasteiger partial charge in [0.2, 0.25) is 0 Å². The van der Waals surface area contributed by atoms with Crippen molar-refractivity contribution in [1.82, 2.24) is 9.99 Å². The van der Waals surface area contributed by atoms with Gasteiger partial charge in [-0.05, 0) is 65.8 Å². The maximum Gasteiger partial charge on any atom is 0.258 e. The standard InChI is InChI=1S/C32H25ClN4O2S/c1-39-24-15-12-20(13-16-24)28-19-27(36-37(28)32(40)34-23-10-6-3-7-11-23)30-29(21-8-4-2-5-9-21)25-18-22(33)14-17-26(25)35-31(30)38/h2-18,28H,19H2,1H3,(H,34,40)(H,35,38). The molecule has 0 saturated heterocycles. The molecule has 1 aliphatic rings. The van der Waals surface area contributed by atoms with E-state index in [4.69, 9.17) is 33.7 Å². The number of nitrogens with zero attached hydrogens (tertiary/aromatic N) is 2. The second-order valence-electron chi connectivity index (χ2n) is 9.44. The van der Waals surface area contributed by atoms with Crippen molar-refractivity contribution in [3.63, 3.8) is 0 Å². The van der Waals surface area contributed by atoms with Gasteiger partial charge in [0.05, 0.1) is 24.4 Å². The first kappa shape index (κ1) is 25.8. The number of aromatic amines is 1. The summed E-state index contributed by atoms with van der Waals surface area (Å²) in [6, 6.07) is 32.7. The van der Waals surface area contributed by atoms with Crippen LogP contribution in [0.15, 0.2) is 113 Å². The van der Waals surface area contributed by atoms with E-state index in [1.807, 2.05) is 97.1 Å². The fourth-order valence-corrected chi connectivity index (χ4v) is 5.54.